The molecule has 1 heteroatoms. The minimum Gasteiger partial charge on any atom is -0.494 e. The van der Waals surface area contributed by atoms with Crippen molar-refractivity contribution in [1.82, 2.24) is 0 Å². The molecule has 0 atom stereocenters. The van der Waals surface area contributed by atoms with Crippen LogP contribution < -0.4 is 4.74 Å². The highest BCUT2D eigenvalue weighted by molar-refractivity contribution is 5.32. The van der Waals surface area contributed by atoms with Crippen LogP contribution >= 0.6 is 0 Å². The van der Waals surface area contributed by atoms with Crippen LogP contribution in [0.3, 0.4) is 0 Å². The fourth-order valence-electron chi connectivity index (χ4n) is 1.70. The Hall–Kier alpha value is -0.980. The van der Waals surface area contributed by atoms with Crippen LogP contribution in [0, 0.1) is 6.92 Å². The van der Waals surface area contributed by atoms with Crippen molar-refractivity contribution in [3.05, 3.63) is 36.8 Å². The summed E-state index contributed by atoms with van der Waals surface area (Å²) in [6, 6.07) is 8.09. The molecule has 0 aliphatic rings. The van der Waals surface area contributed by atoms with E-state index in [0.717, 1.165) is 24.3 Å². The molecular formula is C16H24O. The Kier molecular flexibility index (Phi) is 5.54. The third-order valence-electron chi connectivity index (χ3n) is 2.86. The summed E-state index contributed by atoms with van der Waals surface area (Å²) in [6.45, 7) is 13.1. The van der Waals surface area contributed by atoms with Crippen molar-refractivity contribution in [3.8, 4) is 5.75 Å². The lowest BCUT2D eigenvalue weighted by atomic mass is 9.87. The molecule has 0 saturated carbocycles. The molecule has 2 radical (unpaired) electrons. The molecule has 0 aliphatic heterocycles. The quantitative estimate of drug-likeness (QED) is 0.623. The summed E-state index contributed by atoms with van der Waals surface area (Å²) in [5.41, 5.74) is 0.857. The first kappa shape index (κ1) is 14.1. The molecule has 0 spiro atoms. The Bertz CT molecular complexity index is 305. The summed E-state index contributed by atoms with van der Waals surface area (Å²) >= 11 is 0. The van der Waals surface area contributed by atoms with Gasteiger partial charge in [0.05, 0.1) is 6.61 Å². The normalized spacial score (nSPS) is 11.5. The van der Waals surface area contributed by atoms with E-state index >= 15 is 0 Å². The lowest BCUT2D eigenvalue weighted by Crippen LogP contribution is -2.11. The van der Waals surface area contributed by atoms with Gasteiger partial charge < -0.3 is 4.74 Å². The number of hydrogen-bond donors (Lipinski definition) is 0. The Morgan fingerprint density at radius 3 is 2.24 bits per heavy atom. The number of benzene rings is 1. The molecular weight excluding hydrogens is 208 g/mol. The first-order valence-electron chi connectivity index (χ1n) is 6.56. The standard InChI is InChI=1S/C16H24O/c1-5-6-7-8-13-17-15-11-9-14(10-12-15)16(2,3)4/h2,9-12H,5-8,13H2,1,3-4H3. The van der Waals surface area contributed by atoms with Crippen molar-refractivity contribution < 1.29 is 4.74 Å². The van der Waals surface area contributed by atoms with E-state index in [0.29, 0.717) is 0 Å². The molecule has 0 aliphatic carbocycles. The smallest absolute Gasteiger partial charge is 0.119 e. The summed E-state index contributed by atoms with van der Waals surface area (Å²) in [5, 5.41) is 0. The average molecular weight is 232 g/mol. The second-order valence-corrected chi connectivity index (χ2v) is 5.16. The van der Waals surface area contributed by atoms with Gasteiger partial charge >= 0.3 is 0 Å². The van der Waals surface area contributed by atoms with Crippen molar-refractivity contribution in [2.45, 2.75) is 51.9 Å². The molecule has 17 heavy (non-hydrogen) atoms. The monoisotopic (exact) mass is 232 g/mol. The van der Waals surface area contributed by atoms with E-state index in [-0.39, 0.29) is 5.41 Å². The fourth-order valence-corrected chi connectivity index (χ4v) is 1.70. The van der Waals surface area contributed by atoms with E-state index < -0.39 is 0 Å². The van der Waals surface area contributed by atoms with Crippen LogP contribution in [0.5, 0.6) is 5.75 Å². The highest BCUT2D eigenvalue weighted by atomic mass is 16.5. The third-order valence-corrected chi connectivity index (χ3v) is 2.86. The number of unbranched alkanes of at least 4 members (excludes halogenated alkanes) is 3. The Balaban J connectivity index is 2.36. The highest BCUT2D eigenvalue weighted by Crippen LogP contribution is 2.23. The maximum Gasteiger partial charge on any atom is 0.119 e. The minimum atomic E-state index is -0.278. The first-order valence-corrected chi connectivity index (χ1v) is 6.56. The molecule has 0 N–H and O–H groups in total. The fraction of sp³-hybridized carbons (Fsp3) is 0.562. The lowest BCUT2D eigenvalue weighted by molar-refractivity contribution is 0.305. The minimum absolute atomic E-state index is 0.278. The van der Waals surface area contributed by atoms with Gasteiger partial charge in [0.25, 0.3) is 0 Å². The largest absolute Gasteiger partial charge is 0.494 e. The molecule has 0 unspecified atom stereocenters. The SMILES string of the molecule is [CH]C(C)(C)c1ccc(OCCCCCC)cc1. The van der Waals surface area contributed by atoms with Gasteiger partial charge in [-0.3, -0.25) is 0 Å². The number of hydrogen-bond acceptors (Lipinski definition) is 1. The van der Waals surface area contributed by atoms with Crippen LogP contribution in [-0.4, -0.2) is 6.61 Å². The second-order valence-electron chi connectivity index (χ2n) is 5.16. The van der Waals surface area contributed by atoms with Gasteiger partial charge in [-0.15, -0.1) is 0 Å². The van der Waals surface area contributed by atoms with Crippen molar-refractivity contribution in [3.63, 3.8) is 0 Å². The lowest BCUT2D eigenvalue weighted by Gasteiger charge is -2.18. The van der Waals surface area contributed by atoms with Gasteiger partial charge in [0.2, 0.25) is 0 Å². The average Bonchev–Trinajstić information content (AvgIpc) is 2.28. The Morgan fingerprint density at radius 2 is 1.71 bits per heavy atom. The van der Waals surface area contributed by atoms with E-state index in [1.165, 1.54) is 19.3 Å². The molecule has 1 rings (SSSR count). The summed E-state index contributed by atoms with van der Waals surface area (Å²) in [5.74, 6) is 0.939. The topological polar surface area (TPSA) is 9.23 Å². The molecule has 1 aromatic carbocycles. The van der Waals surface area contributed by atoms with Gasteiger partial charge in [-0.25, -0.2) is 0 Å². The van der Waals surface area contributed by atoms with Gasteiger partial charge in [0.15, 0.2) is 0 Å². The molecule has 94 valence electrons. The van der Waals surface area contributed by atoms with Crippen LogP contribution in [0.2, 0.25) is 0 Å². The number of ether oxygens (including phenoxy) is 1. The van der Waals surface area contributed by atoms with Crippen molar-refractivity contribution in [2.75, 3.05) is 6.61 Å². The molecule has 0 saturated heterocycles. The van der Waals surface area contributed by atoms with E-state index in [4.69, 9.17) is 11.7 Å². The van der Waals surface area contributed by atoms with Crippen LogP contribution in [0.1, 0.15) is 52.0 Å². The van der Waals surface area contributed by atoms with Crippen LogP contribution in [0.4, 0.5) is 0 Å². The second kappa shape index (κ2) is 6.68. The zero-order valence-electron chi connectivity index (χ0n) is 11.3. The molecule has 0 aromatic heterocycles. The maximum atomic E-state index is 6.02. The summed E-state index contributed by atoms with van der Waals surface area (Å²) in [6.07, 6.45) is 4.95. The Morgan fingerprint density at radius 1 is 1.06 bits per heavy atom. The molecule has 0 amide bonds. The van der Waals surface area contributed by atoms with Crippen molar-refractivity contribution in [2.24, 2.45) is 0 Å². The summed E-state index contributed by atoms with van der Waals surface area (Å²) in [7, 11) is 0. The van der Waals surface area contributed by atoms with Gasteiger partial charge in [0.1, 0.15) is 5.75 Å². The molecule has 0 heterocycles. The zero-order chi connectivity index (χ0) is 12.7. The number of rotatable bonds is 7. The van der Waals surface area contributed by atoms with Gasteiger partial charge in [-0.1, -0.05) is 52.2 Å². The molecule has 0 fully saturated rings. The molecule has 0 bridgehead atoms. The summed E-state index contributed by atoms with van der Waals surface area (Å²) < 4.78 is 5.68. The molecule has 1 nitrogen and oxygen atoms in total. The predicted molar refractivity (Wildman–Crippen MR) is 73.4 cm³/mol. The first-order chi connectivity index (χ1) is 8.04. The van der Waals surface area contributed by atoms with Crippen LogP contribution in [0.15, 0.2) is 24.3 Å². The van der Waals surface area contributed by atoms with Gasteiger partial charge in [-0.05, 0) is 36.5 Å². The van der Waals surface area contributed by atoms with Gasteiger partial charge in [-0.2, -0.15) is 0 Å². The van der Waals surface area contributed by atoms with E-state index in [1.54, 1.807) is 0 Å². The van der Waals surface area contributed by atoms with Crippen LogP contribution in [0.25, 0.3) is 0 Å². The third kappa shape index (κ3) is 5.25. The van der Waals surface area contributed by atoms with Gasteiger partial charge in [0, 0.05) is 0 Å². The van der Waals surface area contributed by atoms with Crippen LogP contribution in [-0.2, 0) is 5.41 Å². The predicted octanol–water partition coefficient (Wildman–Crippen LogP) is 4.63. The van der Waals surface area contributed by atoms with E-state index in [9.17, 15) is 0 Å². The maximum absolute atomic E-state index is 6.02. The Labute approximate surface area is 106 Å². The highest BCUT2D eigenvalue weighted by Gasteiger charge is 2.13. The van der Waals surface area contributed by atoms with E-state index in [1.807, 2.05) is 38.1 Å². The van der Waals surface area contributed by atoms with Crippen molar-refractivity contribution >= 4 is 0 Å². The van der Waals surface area contributed by atoms with E-state index in [2.05, 4.69) is 6.92 Å². The zero-order valence-corrected chi connectivity index (χ0v) is 11.3. The molecule has 1 aromatic rings. The van der Waals surface area contributed by atoms with Crippen molar-refractivity contribution in [1.29, 1.82) is 0 Å². The summed E-state index contributed by atoms with van der Waals surface area (Å²) in [4.78, 5) is 0.